The molecule has 1 unspecified atom stereocenters. The van der Waals surface area contributed by atoms with Crippen LogP contribution in [-0.4, -0.2) is 18.7 Å². The van der Waals surface area contributed by atoms with Crippen molar-refractivity contribution < 1.29 is 13.5 Å². The number of nitrogens with one attached hydrogen (secondary N) is 1. The lowest BCUT2D eigenvalue weighted by Gasteiger charge is -2.23. The molecule has 0 saturated carbocycles. The zero-order valence-corrected chi connectivity index (χ0v) is 11.9. The first kappa shape index (κ1) is 16.4. The van der Waals surface area contributed by atoms with E-state index in [0.29, 0.717) is 12.8 Å². The Balaban J connectivity index is 2.39. The van der Waals surface area contributed by atoms with E-state index >= 15 is 0 Å². The number of nitrogens with zero attached hydrogens (tertiary/aromatic N) is 1. The molecule has 110 valence electrons. The molecular weight excluding hydrogens is 262 g/mol. The van der Waals surface area contributed by atoms with Crippen molar-refractivity contribution >= 4 is 0 Å². The molecule has 0 aliphatic heterocycles. The first-order chi connectivity index (χ1) is 9.50. The lowest BCUT2D eigenvalue weighted by molar-refractivity contribution is 0.273. The predicted molar refractivity (Wildman–Crippen MR) is 73.4 cm³/mol. The van der Waals surface area contributed by atoms with Crippen molar-refractivity contribution in [2.45, 2.75) is 38.6 Å². The highest BCUT2D eigenvalue weighted by Gasteiger charge is 2.21. The van der Waals surface area contributed by atoms with E-state index < -0.39 is 17.2 Å². The first-order valence-electron chi connectivity index (χ1n) is 6.75. The van der Waals surface area contributed by atoms with Gasteiger partial charge in [0.05, 0.1) is 12.7 Å². The van der Waals surface area contributed by atoms with Gasteiger partial charge in [-0.1, -0.05) is 6.92 Å². The van der Waals surface area contributed by atoms with Gasteiger partial charge < -0.3 is 4.74 Å². The summed E-state index contributed by atoms with van der Waals surface area (Å²) in [5, 5.41) is 12.3. The third-order valence-corrected chi connectivity index (χ3v) is 2.98. The summed E-state index contributed by atoms with van der Waals surface area (Å²) < 4.78 is 31.3. The van der Waals surface area contributed by atoms with Gasteiger partial charge in [-0.3, -0.25) is 5.32 Å². The summed E-state index contributed by atoms with van der Waals surface area (Å²) in [7, 11) is 0. The van der Waals surface area contributed by atoms with Gasteiger partial charge in [0.25, 0.3) is 0 Å². The third kappa shape index (κ3) is 5.14. The summed E-state index contributed by atoms with van der Waals surface area (Å²) in [5.41, 5.74) is -0.597. The van der Waals surface area contributed by atoms with Gasteiger partial charge >= 0.3 is 0 Å². The van der Waals surface area contributed by atoms with Crippen LogP contribution < -0.4 is 10.1 Å². The van der Waals surface area contributed by atoms with Gasteiger partial charge in [-0.25, -0.2) is 8.78 Å². The van der Waals surface area contributed by atoms with E-state index in [9.17, 15) is 8.78 Å². The molecule has 1 aromatic carbocycles. The zero-order valence-electron chi connectivity index (χ0n) is 11.9. The topological polar surface area (TPSA) is 45.0 Å². The Morgan fingerprint density at radius 2 is 2.15 bits per heavy atom. The highest BCUT2D eigenvalue weighted by Crippen LogP contribution is 2.18. The predicted octanol–water partition coefficient (Wildman–Crippen LogP) is 3.41. The lowest BCUT2D eigenvalue weighted by Crippen LogP contribution is -2.41. The molecule has 0 aliphatic carbocycles. The van der Waals surface area contributed by atoms with Gasteiger partial charge in [0.15, 0.2) is 11.6 Å². The fourth-order valence-electron chi connectivity index (χ4n) is 1.78. The number of ether oxygens (including phenoxy) is 1. The molecule has 0 aromatic heterocycles. The van der Waals surface area contributed by atoms with Crippen LogP contribution in [0.1, 0.15) is 33.1 Å². The van der Waals surface area contributed by atoms with Gasteiger partial charge in [0.2, 0.25) is 0 Å². The van der Waals surface area contributed by atoms with Crippen LogP contribution in [0.2, 0.25) is 0 Å². The Labute approximate surface area is 118 Å². The highest BCUT2D eigenvalue weighted by atomic mass is 19.1. The molecule has 0 aliphatic rings. The minimum absolute atomic E-state index is 0.0339. The monoisotopic (exact) mass is 282 g/mol. The minimum atomic E-state index is -0.711. The first-order valence-corrected chi connectivity index (χ1v) is 6.75. The van der Waals surface area contributed by atoms with Crippen LogP contribution in [0.5, 0.6) is 5.75 Å². The summed E-state index contributed by atoms with van der Waals surface area (Å²) >= 11 is 0. The Kier molecular flexibility index (Phi) is 6.40. The molecule has 0 amide bonds. The maximum Gasteiger partial charge on any atom is 0.167 e. The number of rotatable bonds is 8. The van der Waals surface area contributed by atoms with Gasteiger partial charge in [-0.05, 0) is 44.9 Å². The normalized spacial score (nSPS) is 13.6. The van der Waals surface area contributed by atoms with Crippen LogP contribution >= 0.6 is 0 Å². The van der Waals surface area contributed by atoms with Crippen molar-refractivity contribution in [3.63, 3.8) is 0 Å². The van der Waals surface area contributed by atoms with Crippen LogP contribution in [-0.2, 0) is 0 Å². The number of hydrogen-bond acceptors (Lipinski definition) is 3. The van der Waals surface area contributed by atoms with Crippen LogP contribution in [0, 0.1) is 23.0 Å². The standard InChI is InChI=1S/C15H20F2N2O/c1-3-8-19-15(2,11-18)7-4-9-20-14-6-5-12(16)10-13(14)17/h5-6,10,19H,3-4,7-9H2,1-2H3. The molecule has 1 rings (SSSR count). The highest BCUT2D eigenvalue weighted by molar-refractivity contribution is 5.24. The summed E-state index contributed by atoms with van der Waals surface area (Å²) in [5.74, 6) is -1.31. The van der Waals surface area contributed by atoms with Crippen LogP contribution in [0.4, 0.5) is 8.78 Å². The molecule has 0 radical (unpaired) electrons. The van der Waals surface area contributed by atoms with Crippen LogP contribution in [0.3, 0.4) is 0 Å². The van der Waals surface area contributed by atoms with Crippen molar-refractivity contribution in [3.8, 4) is 11.8 Å². The van der Waals surface area contributed by atoms with Gasteiger partial charge in [-0.2, -0.15) is 5.26 Å². The number of nitriles is 1. The summed E-state index contributed by atoms with van der Waals surface area (Å²) in [6.07, 6.45) is 2.17. The van der Waals surface area contributed by atoms with Crippen molar-refractivity contribution in [1.82, 2.24) is 5.32 Å². The molecule has 0 saturated heterocycles. The molecule has 0 spiro atoms. The van der Waals surface area contributed by atoms with Crippen LogP contribution in [0.15, 0.2) is 18.2 Å². The zero-order chi connectivity index (χ0) is 15.0. The van der Waals surface area contributed by atoms with Crippen molar-refractivity contribution in [3.05, 3.63) is 29.8 Å². The number of halogens is 2. The molecular formula is C15H20F2N2O. The molecule has 3 nitrogen and oxygen atoms in total. The van der Waals surface area contributed by atoms with Gasteiger partial charge in [-0.15, -0.1) is 0 Å². The fraction of sp³-hybridized carbons (Fsp3) is 0.533. The molecule has 0 fully saturated rings. The van der Waals surface area contributed by atoms with E-state index in [0.717, 1.165) is 25.1 Å². The van der Waals surface area contributed by atoms with E-state index in [2.05, 4.69) is 11.4 Å². The quantitative estimate of drug-likeness (QED) is 0.743. The Morgan fingerprint density at radius 1 is 1.40 bits per heavy atom. The molecule has 1 atom stereocenters. The van der Waals surface area contributed by atoms with Crippen molar-refractivity contribution in [1.29, 1.82) is 5.26 Å². The average Bonchev–Trinajstić information content (AvgIpc) is 2.43. The average molecular weight is 282 g/mol. The maximum absolute atomic E-state index is 13.3. The second-order valence-electron chi connectivity index (χ2n) is 4.90. The van der Waals surface area contributed by atoms with Gasteiger partial charge in [0, 0.05) is 6.07 Å². The number of hydrogen-bond donors (Lipinski definition) is 1. The number of benzene rings is 1. The Bertz CT molecular complexity index is 473. The molecule has 20 heavy (non-hydrogen) atoms. The van der Waals surface area contributed by atoms with E-state index in [1.54, 1.807) is 0 Å². The maximum atomic E-state index is 13.3. The van der Waals surface area contributed by atoms with Gasteiger partial charge in [0.1, 0.15) is 11.4 Å². The Hall–Kier alpha value is -1.67. The fourth-order valence-corrected chi connectivity index (χ4v) is 1.78. The molecule has 5 heteroatoms. The largest absolute Gasteiger partial charge is 0.491 e. The molecule has 1 aromatic rings. The molecule has 1 N–H and O–H groups in total. The van der Waals surface area contributed by atoms with E-state index in [4.69, 9.17) is 10.00 Å². The molecule has 0 bridgehead atoms. The van der Waals surface area contributed by atoms with E-state index in [1.807, 2.05) is 13.8 Å². The van der Waals surface area contributed by atoms with Crippen molar-refractivity contribution in [2.24, 2.45) is 0 Å². The second-order valence-corrected chi connectivity index (χ2v) is 4.90. The summed E-state index contributed by atoms with van der Waals surface area (Å²) in [6, 6.07) is 5.45. The second kappa shape index (κ2) is 7.81. The van der Waals surface area contributed by atoms with E-state index in [-0.39, 0.29) is 12.4 Å². The minimum Gasteiger partial charge on any atom is -0.491 e. The summed E-state index contributed by atoms with van der Waals surface area (Å²) in [4.78, 5) is 0. The Morgan fingerprint density at radius 3 is 2.75 bits per heavy atom. The van der Waals surface area contributed by atoms with Crippen LogP contribution in [0.25, 0.3) is 0 Å². The lowest BCUT2D eigenvalue weighted by atomic mass is 9.98. The third-order valence-electron chi connectivity index (χ3n) is 2.98. The van der Waals surface area contributed by atoms with E-state index in [1.165, 1.54) is 6.07 Å². The summed E-state index contributed by atoms with van der Waals surface area (Å²) in [6.45, 7) is 4.93. The van der Waals surface area contributed by atoms with Crippen molar-refractivity contribution in [2.75, 3.05) is 13.2 Å². The smallest absolute Gasteiger partial charge is 0.167 e. The SMILES string of the molecule is CCCNC(C)(C#N)CCCOc1ccc(F)cc1F. The molecule has 0 heterocycles.